The zero-order valence-corrected chi connectivity index (χ0v) is 9.24. The molecule has 0 saturated heterocycles. The molecule has 2 nitrogen and oxygen atoms in total. The van der Waals surface area contributed by atoms with Gasteiger partial charge < -0.3 is 10.2 Å². The van der Waals surface area contributed by atoms with Gasteiger partial charge in [-0.2, -0.15) is 0 Å². The Labute approximate surface area is 94.5 Å². The number of benzene rings is 1. The smallest absolute Gasteiger partial charge is 0.134 e. The van der Waals surface area contributed by atoms with Gasteiger partial charge in [-0.25, -0.2) is 0 Å². The molecule has 1 fully saturated rings. The molecule has 0 aliphatic heterocycles. The Morgan fingerprint density at radius 2 is 1.80 bits per heavy atom. The molecule has 1 aliphatic rings. The van der Waals surface area contributed by atoms with Gasteiger partial charge in [-0.05, 0) is 49.3 Å². The first-order valence-corrected chi connectivity index (χ1v) is 5.71. The lowest BCUT2D eigenvalue weighted by Gasteiger charge is -2.25. The normalized spacial score (nSPS) is 26.5. The van der Waals surface area contributed by atoms with Crippen molar-refractivity contribution in [1.82, 2.24) is 0 Å². The van der Waals surface area contributed by atoms with Gasteiger partial charge in [-0.1, -0.05) is 17.7 Å². The second-order valence-electron chi connectivity index (χ2n) is 4.22. The van der Waals surface area contributed by atoms with E-state index in [0.29, 0.717) is 10.9 Å². The van der Waals surface area contributed by atoms with Crippen LogP contribution in [0.3, 0.4) is 0 Å². The summed E-state index contributed by atoms with van der Waals surface area (Å²) in [6.45, 7) is 0. The van der Waals surface area contributed by atoms with Gasteiger partial charge in [-0.15, -0.1) is 0 Å². The molecule has 0 bridgehead atoms. The number of aromatic hydroxyl groups is 1. The van der Waals surface area contributed by atoms with Crippen molar-refractivity contribution < 1.29 is 10.2 Å². The van der Waals surface area contributed by atoms with E-state index >= 15 is 0 Å². The zero-order valence-electron chi connectivity index (χ0n) is 8.49. The van der Waals surface area contributed by atoms with E-state index in [1.165, 1.54) is 5.56 Å². The first-order chi connectivity index (χ1) is 7.16. The van der Waals surface area contributed by atoms with Crippen LogP contribution in [-0.4, -0.2) is 16.3 Å². The Kier molecular flexibility index (Phi) is 3.17. The van der Waals surface area contributed by atoms with E-state index in [2.05, 4.69) is 0 Å². The van der Waals surface area contributed by atoms with Gasteiger partial charge in [0.15, 0.2) is 0 Å². The molecule has 0 aromatic heterocycles. The predicted octanol–water partition coefficient (Wildman–Crippen LogP) is 3.06. The molecule has 0 spiro atoms. The molecule has 0 unspecified atom stereocenters. The summed E-state index contributed by atoms with van der Waals surface area (Å²) < 4.78 is 0. The van der Waals surface area contributed by atoms with Crippen molar-refractivity contribution in [1.29, 1.82) is 0 Å². The Morgan fingerprint density at radius 3 is 2.40 bits per heavy atom. The number of hydrogen-bond acceptors (Lipinski definition) is 2. The molecule has 1 aliphatic carbocycles. The van der Waals surface area contributed by atoms with Crippen LogP contribution in [0.1, 0.15) is 37.2 Å². The van der Waals surface area contributed by atoms with E-state index < -0.39 is 0 Å². The number of rotatable bonds is 1. The third kappa shape index (κ3) is 2.44. The first-order valence-electron chi connectivity index (χ1n) is 5.33. The van der Waals surface area contributed by atoms with Gasteiger partial charge in [0.1, 0.15) is 5.75 Å². The van der Waals surface area contributed by atoms with Crippen molar-refractivity contribution in [3.63, 3.8) is 0 Å². The molecule has 15 heavy (non-hydrogen) atoms. The summed E-state index contributed by atoms with van der Waals surface area (Å²) in [6.07, 6.45) is 3.60. The molecule has 2 rings (SSSR count). The minimum absolute atomic E-state index is 0.131. The maximum Gasteiger partial charge on any atom is 0.134 e. The Morgan fingerprint density at radius 1 is 1.13 bits per heavy atom. The van der Waals surface area contributed by atoms with Crippen LogP contribution >= 0.6 is 11.6 Å². The second kappa shape index (κ2) is 4.42. The molecule has 3 heteroatoms. The van der Waals surface area contributed by atoms with Gasteiger partial charge in [0.25, 0.3) is 0 Å². The number of aliphatic hydroxyl groups is 1. The van der Waals surface area contributed by atoms with Crippen LogP contribution in [0, 0.1) is 0 Å². The fourth-order valence-corrected chi connectivity index (χ4v) is 2.38. The highest BCUT2D eigenvalue weighted by atomic mass is 35.5. The quantitative estimate of drug-likeness (QED) is 0.773. The minimum Gasteiger partial charge on any atom is -0.506 e. The monoisotopic (exact) mass is 226 g/mol. The van der Waals surface area contributed by atoms with Gasteiger partial charge in [0.05, 0.1) is 11.1 Å². The Bertz CT molecular complexity index is 343. The van der Waals surface area contributed by atoms with Crippen LogP contribution < -0.4 is 0 Å². The highest BCUT2D eigenvalue weighted by Crippen LogP contribution is 2.35. The van der Waals surface area contributed by atoms with Crippen LogP contribution in [-0.2, 0) is 0 Å². The predicted molar refractivity (Wildman–Crippen MR) is 60.3 cm³/mol. The third-order valence-corrected chi connectivity index (χ3v) is 3.44. The van der Waals surface area contributed by atoms with Crippen molar-refractivity contribution in [2.24, 2.45) is 0 Å². The zero-order chi connectivity index (χ0) is 10.8. The number of aliphatic hydroxyl groups excluding tert-OH is 1. The lowest BCUT2D eigenvalue weighted by Crippen LogP contribution is -2.16. The van der Waals surface area contributed by atoms with Crippen molar-refractivity contribution in [2.45, 2.75) is 37.7 Å². The first kappa shape index (κ1) is 10.8. The maximum atomic E-state index is 9.41. The fourth-order valence-electron chi connectivity index (χ4n) is 2.19. The van der Waals surface area contributed by atoms with Crippen LogP contribution in [0.4, 0.5) is 0 Å². The number of halogens is 1. The van der Waals surface area contributed by atoms with Crippen LogP contribution in [0.25, 0.3) is 0 Å². The van der Waals surface area contributed by atoms with Crippen molar-refractivity contribution >= 4 is 11.6 Å². The summed E-state index contributed by atoms with van der Waals surface area (Å²) in [7, 11) is 0. The van der Waals surface area contributed by atoms with Crippen molar-refractivity contribution in [2.75, 3.05) is 0 Å². The summed E-state index contributed by atoms with van der Waals surface area (Å²) in [5, 5.41) is 19.1. The number of phenolic OH excluding ortho intramolecular Hbond substituents is 1. The minimum atomic E-state index is -0.131. The summed E-state index contributed by atoms with van der Waals surface area (Å²) in [6, 6.07) is 5.39. The van der Waals surface area contributed by atoms with Crippen molar-refractivity contribution in [3.05, 3.63) is 28.8 Å². The lowest BCUT2D eigenvalue weighted by atomic mass is 9.83. The molecule has 2 N–H and O–H groups in total. The largest absolute Gasteiger partial charge is 0.506 e. The number of phenols is 1. The average molecular weight is 227 g/mol. The Hall–Kier alpha value is -0.730. The SMILES string of the molecule is Oc1ccc([C@H]2CC[C@H](O)CC2)cc1Cl. The topological polar surface area (TPSA) is 40.5 Å². The summed E-state index contributed by atoms with van der Waals surface area (Å²) in [4.78, 5) is 0. The van der Waals surface area contributed by atoms with Gasteiger partial charge in [0.2, 0.25) is 0 Å². The Balaban J connectivity index is 2.12. The summed E-state index contributed by atoms with van der Waals surface area (Å²) in [5.41, 5.74) is 1.17. The average Bonchev–Trinajstić information content (AvgIpc) is 2.23. The highest BCUT2D eigenvalue weighted by molar-refractivity contribution is 6.32. The lowest BCUT2D eigenvalue weighted by molar-refractivity contribution is 0.122. The molecule has 1 aromatic carbocycles. The number of hydrogen-bond donors (Lipinski definition) is 2. The van der Waals surface area contributed by atoms with E-state index in [1.54, 1.807) is 6.07 Å². The van der Waals surface area contributed by atoms with E-state index in [4.69, 9.17) is 11.6 Å². The van der Waals surface area contributed by atoms with Gasteiger partial charge >= 0.3 is 0 Å². The maximum absolute atomic E-state index is 9.41. The van der Waals surface area contributed by atoms with Gasteiger partial charge in [0, 0.05) is 0 Å². The van der Waals surface area contributed by atoms with Crippen LogP contribution in [0.2, 0.25) is 5.02 Å². The molecular formula is C12H15ClO2. The van der Waals surface area contributed by atoms with E-state index in [0.717, 1.165) is 25.7 Å². The highest BCUT2D eigenvalue weighted by Gasteiger charge is 2.21. The molecule has 0 amide bonds. The molecule has 1 saturated carbocycles. The molecule has 0 atom stereocenters. The third-order valence-electron chi connectivity index (χ3n) is 3.14. The van der Waals surface area contributed by atoms with E-state index in [1.807, 2.05) is 12.1 Å². The van der Waals surface area contributed by atoms with Gasteiger partial charge in [-0.3, -0.25) is 0 Å². The van der Waals surface area contributed by atoms with Crippen molar-refractivity contribution in [3.8, 4) is 5.75 Å². The standard InChI is InChI=1S/C12H15ClO2/c13-11-7-9(3-6-12(11)15)8-1-4-10(14)5-2-8/h3,6-8,10,14-15H,1-2,4-5H2/t8-,10-. The molecule has 82 valence electrons. The van der Waals surface area contributed by atoms with Crippen LogP contribution in [0.15, 0.2) is 18.2 Å². The fraction of sp³-hybridized carbons (Fsp3) is 0.500. The molecular weight excluding hydrogens is 212 g/mol. The summed E-state index contributed by atoms with van der Waals surface area (Å²) >= 11 is 5.86. The second-order valence-corrected chi connectivity index (χ2v) is 4.62. The molecule has 0 radical (unpaired) electrons. The van der Waals surface area contributed by atoms with E-state index in [-0.39, 0.29) is 11.9 Å². The van der Waals surface area contributed by atoms with E-state index in [9.17, 15) is 10.2 Å². The summed E-state index contributed by atoms with van der Waals surface area (Å²) in [5.74, 6) is 0.614. The van der Waals surface area contributed by atoms with Crippen LogP contribution in [0.5, 0.6) is 5.75 Å². The molecule has 1 aromatic rings. The molecule has 0 heterocycles.